The standard InChI is InChI=1S/C7H6BrF2N/c1-3-2-4(8)5(9)6(10)7(3)11/h2H,11H2,1H3. The monoisotopic (exact) mass is 221 g/mol. The quantitative estimate of drug-likeness (QED) is 0.529. The average Bonchev–Trinajstić information content (AvgIpc) is 1.97. The second-order valence-corrected chi connectivity index (χ2v) is 3.07. The second-order valence-electron chi connectivity index (χ2n) is 2.22. The summed E-state index contributed by atoms with van der Waals surface area (Å²) >= 11 is 2.86. The molecular formula is C7H6BrF2N. The highest BCUT2D eigenvalue weighted by Gasteiger charge is 2.11. The van der Waals surface area contributed by atoms with Crippen molar-refractivity contribution in [3.05, 3.63) is 27.7 Å². The molecule has 4 heteroatoms. The Morgan fingerprint density at radius 3 is 2.45 bits per heavy atom. The fourth-order valence-corrected chi connectivity index (χ4v) is 1.24. The first kappa shape index (κ1) is 8.46. The van der Waals surface area contributed by atoms with Crippen LogP contribution in [0.3, 0.4) is 0 Å². The van der Waals surface area contributed by atoms with Crippen molar-refractivity contribution in [2.45, 2.75) is 6.92 Å². The molecule has 0 heterocycles. The highest BCUT2D eigenvalue weighted by molar-refractivity contribution is 9.10. The van der Waals surface area contributed by atoms with Crippen molar-refractivity contribution >= 4 is 21.6 Å². The second kappa shape index (κ2) is 2.77. The maximum atomic E-state index is 12.7. The fraction of sp³-hybridized carbons (Fsp3) is 0.143. The molecule has 0 bridgehead atoms. The molecule has 11 heavy (non-hydrogen) atoms. The number of nitrogen functional groups attached to an aromatic ring is 1. The van der Waals surface area contributed by atoms with Crippen LogP contribution in [0.2, 0.25) is 0 Å². The molecule has 0 aliphatic rings. The summed E-state index contributed by atoms with van der Waals surface area (Å²) in [5.41, 5.74) is 5.61. The Kier molecular flexibility index (Phi) is 2.13. The summed E-state index contributed by atoms with van der Waals surface area (Å²) in [6, 6.07) is 1.44. The van der Waals surface area contributed by atoms with Gasteiger partial charge in [0.1, 0.15) is 0 Å². The van der Waals surface area contributed by atoms with Crippen LogP contribution in [0.15, 0.2) is 10.5 Å². The van der Waals surface area contributed by atoms with E-state index < -0.39 is 11.6 Å². The average molecular weight is 222 g/mol. The molecule has 0 aliphatic carbocycles. The van der Waals surface area contributed by atoms with E-state index in [4.69, 9.17) is 5.73 Å². The minimum atomic E-state index is -0.989. The highest BCUT2D eigenvalue weighted by Crippen LogP contribution is 2.25. The van der Waals surface area contributed by atoms with Crippen LogP contribution in [0, 0.1) is 18.6 Å². The van der Waals surface area contributed by atoms with E-state index in [1.807, 2.05) is 0 Å². The normalized spacial score (nSPS) is 10.2. The zero-order valence-electron chi connectivity index (χ0n) is 5.79. The first-order chi connectivity index (χ1) is 5.04. The predicted octanol–water partition coefficient (Wildman–Crippen LogP) is 2.62. The van der Waals surface area contributed by atoms with Crippen molar-refractivity contribution in [3.8, 4) is 0 Å². The van der Waals surface area contributed by atoms with Gasteiger partial charge in [-0.15, -0.1) is 0 Å². The van der Waals surface area contributed by atoms with Crippen LogP contribution >= 0.6 is 15.9 Å². The smallest absolute Gasteiger partial charge is 0.183 e. The molecule has 0 amide bonds. The molecule has 0 saturated heterocycles. The largest absolute Gasteiger partial charge is 0.396 e. The summed E-state index contributed by atoms with van der Waals surface area (Å²) in [5.74, 6) is -1.93. The van der Waals surface area contributed by atoms with Crippen LogP contribution in [0.25, 0.3) is 0 Å². The van der Waals surface area contributed by atoms with Gasteiger partial charge in [-0.1, -0.05) is 0 Å². The van der Waals surface area contributed by atoms with Gasteiger partial charge < -0.3 is 5.73 Å². The lowest BCUT2D eigenvalue weighted by atomic mass is 10.2. The van der Waals surface area contributed by atoms with Gasteiger partial charge in [-0.05, 0) is 34.5 Å². The van der Waals surface area contributed by atoms with Gasteiger partial charge in [-0.2, -0.15) is 0 Å². The molecule has 1 nitrogen and oxygen atoms in total. The van der Waals surface area contributed by atoms with E-state index in [1.54, 1.807) is 6.92 Å². The van der Waals surface area contributed by atoms with Crippen molar-refractivity contribution < 1.29 is 8.78 Å². The molecule has 1 aromatic carbocycles. The van der Waals surface area contributed by atoms with Crippen molar-refractivity contribution in [2.75, 3.05) is 5.73 Å². The van der Waals surface area contributed by atoms with Crippen LogP contribution in [-0.2, 0) is 0 Å². The van der Waals surface area contributed by atoms with E-state index in [-0.39, 0.29) is 10.2 Å². The van der Waals surface area contributed by atoms with E-state index >= 15 is 0 Å². The summed E-state index contributed by atoms with van der Waals surface area (Å²) in [6.07, 6.45) is 0. The zero-order chi connectivity index (χ0) is 8.59. The molecule has 0 aliphatic heterocycles. The third kappa shape index (κ3) is 1.35. The molecular weight excluding hydrogens is 216 g/mol. The van der Waals surface area contributed by atoms with E-state index in [0.29, 0.717) is 5.56 Å². The minimum Gasteiger partial charge on any atom is -0.396 e. The van der Waals surface area contributed by atoms with E-state index in [1.165, 1.54) is 6.07 Å². The fourth-order valence-electron chi connectivity index (χ4n) is 0.727. The van der Waals surface area contributed by atoms with Crippen molar-refractivity contribution in [2.24, 2.45) is 0 Å². The molecule has 60 valence electrons. The van der Waals surface area contributed by atoms with Gasteiger partial charge in [-0.3, -0.25) is 0 Å². The van der Waals surface area contributed by atoms with E-state index in [2.05, 4.69) is 15.9 Å². The number of nitrogens with two attached hydrogens (primary N) is 1. The summed E-state index contributed by atoms with van der Waals surface area (Å²) in [6.45, 7) is 1.61. The molecule has 0 aromatic heterocycles. The Hall–Kier alpha value is -0.640. The van der Waals surface area contributed by atoms with Crippen LogP contribution in [0.5, 0.6) is 0 Å². The molecule has 2 N–H and O–H groups in total. The summed E-state index contributed by atoms with van der Waals surface area (Å²) in [5, 5.41) is 0. The number of rotatable bonds is 0. The highest BCUT2D eigenvalue weighted by atomic mass is 79.9. The van der Waals surface area contributed by atoms with Crippen LogP contribution in [0.4, 0.5) is 14.5 Å². The summed E-state index contributed by atoms with van der Waals surface area (Å²) in [7, 11) is 0. The van der Waals surface area contributed by atoms with Gasteiger partial charge >= 0.3 is 0 Å². The Morgan fingerprint density at radius 2 is 1.91 bits per heavy atom. The molecule has 0 saturated carbocycles. The first-order valence-corrected chi connectivity index (χ1v) is 3.73. The summed E-state index contributed by atoms with van der Waals surface area (Å²) < 4.78 is 25.5. The Labute approximate surface area is 71.3 Å². The predicted molar refractivity (Wildman–Crippen MR) is 43.2 cm³/mol. The molecule has 1 aromatic rings. The summed E-state index contributed by atoms with van der Waals surface area (Å²) in [4.78, 5) is 0. The topological polar surface area (TPSA) is 26.0 Å². The van der Waals surface area contributed by atoms with Crippen LogP contribution in [-0.4, -0.2) is 0 Å². The third-order valence-electron chi connectivity index (χ3n) is 1.41. The first-order valence-electron chi connectivity index (χ1n) is 2.93. The van der Waals surface area contributed by atoms with Crippen molar-refractivity contribution in [3.63, 3.8) is 0 Å². The maximum Gasteiger partial charge on any atom is 0.183 e. The molecule has 0 radical (unpaired) electrons. The molecule has 1 rings (SSSR count). The van der Waals surface area contributed by atoms with Crippen LogP contribution < -0.4 is 5.73 Å². The number of aryl methyl sites for hydroxylation is 1. The minimum absolute atomic E-state index is 0.0988. The Bertz CT molecular complexity index is 273. The number of anilines is 1. The Balaban J connectivity index is 3.46. The zero-order valence-corrected chi connectivity index (χ0v) is 7.37. The van der Waals surface area contributed by atoms with Gasteiger partial charge in [0.2, 0.25) is 0 Å². The third-order valence-corrected chi connectivity index (χ3v) is 1.98. The number of hydrogen-bond donors (Lipinski definition) is 1. The lowest BCUT2D eigenvalue weighted by Gasteiger charge is -2.03. The van der Waals surface area contributed by atoms with Crippen molar-refractivity contribution in [1.29, 1.82) is 0 Å². The van der Waals surface area contributed by atoms with Gasteiger partial charge in [0.25, 0.3) is 0 Å². The van der Waals surface area contributed by atoms with Crippen molar-refractivity contribution in [1.82, 2.24) is 0 Å². The lowest BCUT2D eigenvalue weighted by Crippen LogP contribution is -1.98. The molecule has 0 spiro atoms. The lowest BCUT2D eigenvalue weighted by molar-refractivity contribution is 0.507. The SMILES string of the molecule is Cc1cc(Br)c(F)c(F)c1N. The van der Waals surface area contributed by atoms with Gasteiger partial charge in [0.05, 0.1) is 10.2 Å². The number of halogens is 3. The van der Waals surface area contributed by atoms with Gasteiger partial charge in [0, 0.05) is 0 Å². The Morgan fingerprint density at radius 1 is 1.36 bits per heavy atom. The van der Waals surface area contributed by atoms with Gasteiger partial charge in [-0.25, -0.2) is 8.78 Å². The number of hydrogen-bond acceptors (Lipinski definition) is 1. The molecule has 0 atom stereocenters. The van der Waals surface area contributed by atoms with Gasteiger partial charge in [0.15, 0.2) is 11.6 Å². The maximum absolute atomic E-state index is 12.7. The number of benzene rings is 1. The molecule has 0 unspecified atom stereocenters. The van der Waals surface area contributed by atoms with Crippen LogP contribution in [0.1, 0.15) is 5.56 Å². The van der Waals surface area contributed by atoms with E-state index in [0.717, 1.165) is 0 Å². The molecule has 0 fully saturated rings. The van der Waals surface area contributed by atoms with E-state index in [9.17, 15) is 8.78 Å².